The van der Waals surface area contributed by atoms with E-state index in [2.05, 4.69) is 5.32 Å². The summed E-state index contributed by atoms with van der Waals surface area (Å²) in [5, 5.41) is 2.90. The number of carbonyl (C=O) groups is 3. The molecule has 0 radical (unpaired) electrons. The SMILES string of the molecule is CC[C@@H]1[C@@H]2CN(C(=O)[C@H](C(C)(C)C)NC(=O)O[C@]3(COC)CC[C@@H](CCCCc4nc5ccc(OC)cc5nc4O2)C3)[C@@H]1C(C)=O. The molecule has 252 valence electrons. The van der Waals surface area contributed by atoms with Crippen molar-refractivity contribution in [1.82, 2.24) is 20.2 Å². The number of ether oxygens (including phenoxy) is 4. The van der Waals surface area contributed by atoms with Crippen molar-refractivity contribution in [2.24, 2.45) is 17.3 Å². The average molecular weight is 639 g/mol. The van der Waals surface area contributed by atoms with Gasteiger partial charge in [-0.15, -0.1) is 0 Å². The van der Waals surface area contributed by atoms with Gasteiger partial charge in [0, 0.05) is 19.1 Å². The lowest BCUT2D eigenvalue weighted by molar-refractivity contribution is -0.141. The second-order valence-electron chi connectivity index (χ2n) is 14.4. The van der Waals surface area contributed by atoms with Gasteiger partial charge in [-0.3, -0.25) is 9.59 Å². The van der Waals surface area contributed by atoms with Crippen LogP contribution in [0.3, 0.4) is 0 Å². The Hall–Kier alpha value is -3.47. The van der Waals surface area contributed by atoms with Crippen LogP contribution in [0.2, 0.25) is 0 Å². The number of methoxy groups -OCH3 is 2. The summed E-state index contributed by atoms with van der Waals surface area (Å²) in [4.78, 5) is 52.6. The second kappa shape index (κ2) is 13.7. The van der Waals surface area contributed by atoms with Crippen LogP contribution in [-0.4, -0.2) is 83.8 Å². The highest BCUT2D eigenvalue weighted by Gasteiger charge is 2.51. The fraction of sp³-hybridized carbons (Fsp3) is 0.686. The molecule has 1 aromatic heterocycles. The minimum Gasteiger partial charge on any atom is -0.497 e. The van der Waals surface area contributed by atoms with Gasteiger partial charge < -0.3 is 29.2 Å². The average Bonchev–Trinajstić information content (AvgIpc) is 3.57. The van der Waals surface area contributed by atoms with Crippen molar-refractivity contribution in [2.45, 2.75) is 110 Å². The Morgan fingerprint density at radius 1 is 1.13 bits per heavy atom. The summed E-state index contributed by atoms with van der Waals surface area (Å²) >= 11 is 0. The van der Waals surface area contributed by atoms with Crippen LogP contribution in [0.15, 0.2) is 18.2 Å². The second-order valence-corrected chi connectivity index (χ2v) is 14.4. The molecule has 46 heavy (non-hydrogen) atoms. The molecule has 5 rings (SSSR count). The first-order valence-corrected chi connectivity index (χ1v) is 16.7. The third kappa shape index (κ3) is 7.09. The Bertz CT molecular complexity index is 1440. The molecule has 0 unspecified atom stereocenters. The van der Waals surface area contributed by atoms with Crippen molar-refractivity contribution < 1.29 is 33.3 Å². The molecule has 3 heterocycles. The van der Waals surface area contributed by atoms with Crippen molar-refractivity contribution in [3.63, 3.8) is 0 Å². The summed E-state index contributed by atoms with van der Waals surface area (Å²) in [6, 6.07) is 3.97. The Labute approximate surface area is 272 Å². The predicted octanol–water partition coefficient (Wildman–Crippen LogP) is 5.26. The Morgan fingerprint density at radius 2 is 1.91 bits per heavy atom. The molecule has 0 spiro atoms. The lowest BCUT2D eigenvalue weighted by atomic mass is 9.85. The summed E-state index contributed by atoms with van der Waals surface area (Å²) < 4.78 is 23.8. The molecule has 2 fully saturated rings. The lowest BCUT2D eigenvalue weighted by Gasteiger charge is -2.36. The number of ketones is 1. The minimum atomic E-state index is -0.933. The molecule has 4 bridgehead atoms. The Morgan fingerprint density at radius 3 is 2.59 bits per heavy atom. The molecule has 3 aliphatic rings. The van der Waals surface area contributed by atoms with Crippen LogP contribution in [0.5, 0.6) is 11.6 Å². The Balaban J connectivity index is 1.56. The van der Waals surface area contributed by atoms with Crippen LogP contribution >= 0.6 is 0 Å². The van der Waals surface area contributed by atoms with Crippen LogP contribution in [0.4, 0.5) is 4.79 Å². The maximum atomic E-state index is 14.4. The maximum absolute atomic E-state index is 14.4. The van der Waals surface area contributed by atoms with E-state index in [1.807, 2.05) is 45.9 Å². The molecule has 11 heteroatoms. The van der Waals surface area contributed by atoms with E-state index in [1.54, 1.807) is 19.1 Å². The molecule has 2 amide bonds. The van der Waals surface area contributed by atoms with Gasteiger partial charge in [-0.05, 0) is 68.9 Å². The number of amides is 2. The van der Waals surface area contributed by atoms with Gasteiger partial charge >= 0.3 is 6.09 Å². The highest BCUT2D eigenvalue weighted by Crippen LogP contribution is 2.41. The van der Waals surface area contributed by atoms with Crippen LogP contribution in [-0.2, 0) is 25.5 Å². The number of rotatable bonds is 5. The molecule has 2 aliphatic heterocycles. The first-order valence-electron chi connectivity index (χ1n) is 16.7. The number of alkyl carbamates (subject to hydrolysis) is 1. The molecule has 1 aromatic carbocycles. The van der Waals surface area contributed by atoms with Gasteiger partial charge in [0.15, 0.2) is 5.78 Å². The van der Waals surface area contributed by atoms with Gasteiger partial charge in [0.1, 0.15) is 29.2 Å². The first-order chi connectivity index (χ1) is 21.9. The van der Waals surface area contributed by atoms with Gasteiger partial charge in [-0.2, -0.15) is 0 Å². The zero-order valence-electron chi connectivity index (χ0n) is 28.4. The van der Waals surface area contributed by atoms with Crippen LogP contribution in [0.25, 0.3) is 11.0 Å². The van der Waals surface area contributed by atoms with Gasteiger partial charge in [0.25, 0.3) is 0 Å². The predicted molar refractivity (Wildman–Crippen MR) is 173 cm³/mol. The van der Waals surface area contributed by atoms with Gasteiger partial charge in [0.05, 0.1) is 37.3 Å². The maximum Gasteiger partial charge on any atom is 0.408 e. The summed E-state index contributed by atoms with van der Waals surface area (Å²) in [6.07, 6.45) is 5.33. The quantitative estimate of drug-likeness (QED) is 0.466. The number of aromatic nitrogens is 2. The number of carbonyl (C=O) groups excluding carboxylic acids is 3. The van der Waals surface area contributed by atoms with Crippen LogP contribution < -0.4 is 14.8 Å². The number of fused-ring (bicyclic) bond motifs is 6. The number of hydrogen-bond acceptors (Lipinski definition) is 9. The smallest absolute Gasteiger partial charge is 0.408 e. The van der Waals surface area contributed by atoms with Gasteiger partial charge in [-0.25, -0.2) is 14.8 Å². The van der Waals surface area contributed by atoms with E-state index < -0.39 is 35.3 Å². The summed E-state index contributed by atoms with van der Waals surface area (Å²) in [6.45, 7) is 9.67. The zero-order valence-corrected chi connectivity index (χ0v) is 28.4. The molecular formula is C35H50N4O7. The van der Waals surface area contributed by atoms with E-state index >= 15 is 0 Å². The standard InChI is InChI=1S/C35H50N4O7/c1-8-24-28-19-39(29(24)21(2)40)32(41)30(34(3,4)5)38-33(42)46-35(20-43-6)16-15-22(18-35)11-9-10-12-26-31(45-28)37-27-17-23(44-7)13-14-25(27)36-26/h13-14,17,22,24,28-30H,8-12,15-16,18-20H2,1-7H3,(H,38,42)/t22-,24-,28+,29-,30-,35-/m1/s1. The van der Waals surface area contributed by atoms with Crippen LogP contribution in [0.1, 0.15) is 85.3 Å². The first kappa shape index (κ1) is 33.9. The van der Waals surface area contributed by atoms with E-state index in [-0.39, 0.29) is 24.2 Å². The zero-order chi connectivity index (χ0) is 33.2. The highest BCUT2D eigenvalue weighted by atomic mass is 16.6. The molecular weight excluding hydrogens is 588 g/mol. The van der Waals surface area contributed by atoms with E-state index in [1.165, 1.54) is 6.92 Å². The summed E-state index contributed by atoms with van der Waals surface area (Å²) in [5.74, 6) is 0.746. The Kier molecular flexibility index (Phi) is 10.1. The number of nitrogens with one attached hydrogen (secondary N) is 1. The highest BCUT2D eigenvalue weighted by molar-refractivity contribution is 5.92. The summed E-state index contributed by atoms with van der Waals surface area (Å²) in [5.41, 5.74) is 0.754. The van der Waals surface area contributed by atoms with Gasteiger partial charge in [0.2, 0.25) is 11.8 Å². The number of nitrogens with zero attached hydrogens (tertiary/aromatic N) is 3. The third-order valence-corrected chi connectivity index (χ3v) is 9.97. The van der Waals surface area contributed by atoms with E-state index in [4.69, 9.17) is 28.9 Å². The minimum absolute atomic E-state index is 0.127. The number of Topliss-reactive ketones (excluding diaryl/α,β-unsaturated/α-hetero) is 1. The topological polar surface area (TPSA) is 129 Å². The monoisotopic (exact) mass is 638 g/mol. The molecule has 1 N–H and O–H groups in total. The number of aryl methyl sites for hydroxylation is 1. The van der Waals surface area contributed by atoms with Crippen LogP contribution in [0, 0.1) is 17.3 Å². The van der Waals surface area contributed by atoms with E-state index in [0.717, 1.165) is 36.9 Å². The van der Waals surface area contributed by atoms with E-state index in [9.17, 15) is 14.4 Å². The van der Waals surface area contributed by atoms with Crippen molar-refractivity contribution in [3.8, 4) is 11.6 Å². The molecule has 6 atom stereocenters. The van der Waals surface area contributed by atoms with Crippen molar-refractivity contribution in [3.05, 3.63) is 23.9 Å². The number of benzene rings is 1. The fourth-order valence-corrected chi connectivity index (χ4v) is 7.66. The van der Waals surface area contributed by atoms with Gasteiger partial charge in [-0.1, -0.05) is 40.5 Å². The molecule has 11 nitrogen and oxygen atoms in total. The van der Waals surface area contributed by atoms with Crippen molar-refractivity contribution in [1.29, 1.82) is 0 Å². The van der Waals surface area contributed by atoms with Crippen molar-refractivity contribution >= 4 is 28.8 Å². The largest absolute Gasteiger partial charge is 0.497 e. The molecule has 1 aliphatic carbocycles. The van der Waals surface area contributed by atoms with Crippen molar-refractivity contribution in [2.75, 3.05) is 27.4 Å². The molecule has 1 saturated heterocycles. The molecule has 2 aromatic rings. The van der Waals surface area contributed by atoms with E-state index in [0.29, 0.717) is 55.4 Å². The third-order valence-electron chi connectivity index (χ3n) is 9.97. The molecule has 1 saturated carbocycles. The fourth-order valence-electron chi connectivity index (χ4n) is 7.66. The lowest BCUT2D eigenvalue weighted by Crippen LogP contribution is -2.58. The normalized spacial score (nSPS) is 29.3. The summed E-state index contributed by atoms with van der Waals surface area (Å²) in [7, 11) is 3.23. The number of hydrogen-bond donors (Lipinski definition) is 1.